The maximum absolute atomic E-state index is 13.6. The summed E-state index contributed by atoms with van der Waals surface area (Å²) in [5.74, 6) is -1.16. The standard InChI is InChI=1S/C26H20O7/c1-31-26(30)23(19-11-12-21-22(14-19)33-15-32-21)20(13-16-5-3-2-4-6-16)24(27)17-7-9-18(10-8-17)25(28)29/h2-12,14H,13,15H2,1H3,(H,28,29)/b23-20-. The number of Topliss-reactive ketones (excluding diaryl/α,β-unsaturated/α-hetero) is 1. The van der Waals surface area contributed by atoms with Crippen molar-refractivity contribution in [1.29, 1.82) is 0 Å². The van der Waals surface area contributed by atoms with Crippen LogP contribution in [0.4, 0.5) is 0 Å². The minimum absolute atomic E-state index is 0.0594. The van der Waals surface area contributed by atoms with Gasteiger partial charge in [-0.3, -0.25) is 4.79 Å². The molecular weight excluding hydrogens is 424 g/mol. The Hall–Kier alpha value is -4.39. The fourth-order valence-corrected chi connectivity index (χ4v) is 3.59. The van der Waals surface area contributed by atoms with E-state index in [0.29, 0.717) is 17.1 Å². The molecule has 0 saturated carbocycles. The van der Waals surface area contributed by atoms with Gasteiger partial charge >= 0.3 is 11.9 Å². The Balaban J connectivity index is 1.88. The number of methoxy groups -OCH3 is 1. The Morgan fingerprint density at radius 3 is 2.15 bits per heavy atom. The van der Waals surface area contributed by atoms with Crippen LogP contribution in [0.5, 0.6) is 11.5 Å². The first-order valence-electron chi connectivity index (χ1n) is 10.1. The molecule has 33 heavy (non-hydrogen) atoms. The minimum Gasteiger partial charge on any atom is -0.478 e. The van der Waals surface area contributed by atoms with Crippen molar-refractivity contribution < 1.29 is 33.7 Å². The molecule has 1 aliphatic heterocycles. The van der Waals surface area contributed by atoms with Crippen LogP contribution in [0.25, 0.3) is 5.57 Å². The number of carboxylic acid groups (broad SMARTS) is 1. The van der Waals surface area contributed by atoms with Gasteiger partial charge in [0.2, 0.25) is 6.79 Å². The molecule has 0 amide bonds. The van der Waals surface area contributed by atoms with Gasteiger partial charge in [0.25, 0.3) is 0 Å². The van der Waals surface area contributed by atoms with Crippen molar-refractivity contribution >= 4 is 23.3 Å². The number of fused-ring (bicyclic) bond motifs is 1. The topological polar surface area (TPSA) is 99.1 Å². The van der Waals surface area contributed by atoms with Gasteiger partial charge in [0.15, 0.2) is 17.3 Å². The highest BCUT2D eigenvalue weighted by atomic mass is 16.7. The molecule has 1 N–H and O–H groups in total. The van der Waals surface area contributed by atoms with Crippen LogP contribution in [0.1, 0.15) is 31.8 Å². The zero-order valence-corrected chi connectivity index (χ0v) is 17.7. The lowest BCUT2D eigenvalue weighted by Crippen LogP contribution is -2.15. The summed E-state index contributed by atoms with van der Waals surface area (Å²) in [6.07, 6.45) is 0.166. The first-order chi connectivity index (χ1) is 16.0. The van der Waals surface area contributed by atoms with Gasteiger partial charge in [0.1, 0.15) is 0 Å². The lowest BCUT2D eigenvalue weighted by molar-refractivity contribution is -0.133. The van der Waals surface area contributed by atoms with Crippen molar-refractivity contribution in [2.75, 3.05) is 13.9 Å². The van der Waals surface area contributed by atoms with Crippen LogP contribution < -0.4 is 9.47 Å². The number of ether oxygens (including phenoxy) is 3. The number of hydrogen-bond acceptors (Lipinski definition) is 6. The van der Waals surface area contributed by atoms with Gasteiger partial charge in [-0.15, -0.1) is 0 Å². The molecule has 7 heteroatoms. The van der Waals surface area contributed by atoms with Crippen LogP contribution in [-0.2, 0) is 16.0 Å². The summed E-state index contributed by atoms with van der Waals surface area (Å²) in [5, 5.41) is 9.16. The zero-order valence-electron chi connectivity index (χ0n) is 17.7. The highest BCUT2D eigenvalue weighted by molar-refractivity contribution is 6.27. The molecule has 3 aromatic rings. The molecule has 166 valence electrons. The van der Waals surface area contributed by atoms with Gasteiger partial charge in [-0.2, -0.15) is 0 Å². The third-order valence-electron chi connectivity index (χ3n) is 5.24. The highest BCUT2D eigenvalue weighted by Crippen LogP contribution is 2.36. The van der Waals surface area contributed by atoms with Crippen molar-refractivity contribution in [3.63, 3.8) is 0 Å². The molecule has 0 bridgehead atoms. The lowest BCUT2D eigenvalue weighted by Gasteiger charge is -2.15. The van der Waals surface area contributed by atoms with Crippen LogP contribution in [0.2, 0.25) is 0 Å². The number of benzene rings is 3. The Kier molecular flexibility index (Phi) is 6.22. The van der Waals surface area contributed by atoms with Crippen LogP contribution in [-0.4, -0.2) is 36.7 Å². The minimum atomic E-state index is -1.09. The van der Waals surface area contributed by atoms with Crippen LogP contribution in [0, 0.1) is 0 Å². The number of allylic oxidation sites excluding steroid dienone is 1. The maximum atomic E-state index is 13.6. The smallest absolute Gasteiger partial charge is 0.338 e. The Morgan fingerprint density at radius 1 is 0.848 bits per heavy atom. The summed E-state index contributed by atoms with van der Waals surface area (Å²) in [4.78, 5) is 37.8. The molecule has 1 heterocycles. The van der Waals surface area contributed by atoms with E-state index in [4.69, 9.17) is 19.3 Å². The second kappa shape index (κ2) is 9.40. The van der Waals surface area contributed by atoms with E-state index < -0.39 is 17.7 Å². The fourth-order valence-electron chi connectivity index (χ4n) is 3.59. The molecule has 7 nitrogen and oxygen atoms in total. The Bertz CT molecular complexity index is 1240. The lowest BCUT2D eigenvalue weighted by atomic mass is 9.89. The first kappa shape index (κ1) is 21.8. The summed E-state index contributed by atoms with van der Waals surface area (Å²) in [7, 11) is 1.25. The Morgan fingerprint density at radius 2 is 1.48 bits per heavy atom. The average molecular weight is 444 g/mol. The van der Waals surface area contributed by atoms with Crippen molar-refractivity contribution in [2.24, 2.45) is 0 Å². The average Bonchev–Trinajstić information content (AvgIpc) is 3.32. The molecule has 1 aliphatic rings. The monoisotopic (exact) mass is 444 g/mol. The molecule has 0 spiro atoms. The van der Waals surface area contributed by atoms with Crippen molar-refractivity contribution in [2.45, 2.75) is 6.42 Å². The second-order valence-electron chi connectivity index (χ2n) is 7.29. The van der Waals surface area contributed by atoms with Gasteiger partial charge in [0.05, 0.1) is 18.2 Å². The predicted molar refractivity (Wildman–Crippen MR) is 119 cm³/mol. The maximum Gasteiger partial charge on any atom is 0.338 e. The van der Waals surface area contributed by atoms with Gasteiger partial charge in [0, 0.05) is 17.6 Å². The van der Waals surface area contributed by atoms with Crippen LogP contribution in [0.15, 0.2) is 78.4 Å². The number of ketones is 1. The zero-order chi connectivity index (χ0) is 23.4. The molecular formula is C26H20O7. The summed E-state index contributed by atoms with van der Waals surface area (Å²) in [6.45, 7) is 0.0712. The molecule has 0 aliphatic carbocycles. The van der Waals surface area contributed by atoms with Gasteiger partial charge < -0.3 is 19.3 Å². The van der Waals surface area contributed by atoms with E-state index in [9.17, 15) is 14.4 Å². The number of esters is 1. The quantitative estimate of drug-likeness (QED) is 0.332. The predicted octanol–water partition coefficient (Wildman–Crippen LogP) is 4.17. The van der Waals surface area contributed by atoms with Crippen LogP contribution in [0.3, 0.4) is 0 Å². The third kappa shape index (κ3) is 4.62. The number of carbonyl (C=O) groups is 3. The highest BCUT2D eigenvalue weighted by Gasteiger charge is 2.26. The first-order valence-corrected chi connectivity index (χ1v) is 10.1. The SMILES string of the molecule is COC(=O)/C(=C(/Cc1ccccc1)C(=O)c1ccc(C(=O)O)cc1)c1ccc2c(c1)OCO2. The van der Waals surface area contributed by atoms with E-state index in [2.05, 4.69) is 0 Å². The van der Waals surface area contributed by atoms with E-state index in [0.717, 1.165) is 5.56 Å². The second-order valence-corrected chi connectivity index (χ2v) is 7.29. The summed E-state index contributed by atoms with van der Waals surface area (Å²) in [6, 6.07) is 19.8. The van der Waals surface area contributed by atoms with Gasteiger partial charge in [-0.05, 0) is 35.4 Å². The van der Waals surface area contributed by atoms with E-state index in [1.165, 1.54) is 31.4 Å². The van der Waals surface area contributed by atoms with Crippen LogP contribution >= 0.6 is 0 Å². The molecule has 0 saturated heterocycles. The molecule has 0 fully saturated rings. The number of hydrogen-bond donors (Lipinski definition) is 1. The molecule has 0 radical (unpaired) electrons. The van der Waals surface area contributed by atoms with Crippen molar-refractivity contribution in [1.82, 2.24) is 0 Å². The van der Waals surface area contributed by atoms with E-state index in [-0.39, 0.29) is 35.5 Å². The molecule has 3 aromatic carbocycles. The molecule has 0 atom stereocenters. The number of carboxylic acids is 1. The van der Waals surface area contributed by atoms with E-state index in [1.807, 2.05) is 30.3 Å². The summed E-state index contributed by atoms with van der Waals surface area (Å²) >= 11 is 0. The summed E-state index contributed by atoms with van der Waals surface area (Å²) in [5.41, 5.74) is 1.91. The Labute approximate surface area is 189 Å². The van der Waals surface area contributed by atoms with E-state index >= 15 is 0 Å². The number of rotatable bonds is 7. The number of carbonyl (C=O) groups excluding carboxylic acids is 2. The fraction of sp³-hybridized carbons (Fsp3) is 0.115. The van der Waals surface area contributed by atoms with Gasteiger partial charge in [-0.1, -0.05) is 48.5 Å². The third-order valence-corrected chi connectivity index (χ3v) is 5.24. The molecule has 4 rings (SSSR count). The van der Waals surface area contributed by atoms with Gasteiger partial charge in [-0.25, -0.2) is 9.59 Å². The van der Waals surface area contributed by atoms with Crippen molar-refractivity contribution in [3.05, 3.63) is 101 Å². The van der Waals surface area contributed by atoms with E-state index in [1.54, 1.807) is 18.2 Å². The van der Waals surface area contributed by atoms with Crippen molar-refractivity contribution in [3.8, 4) is 11.5 Å². The summed E-state index contributed by atoms with van der Waals surface area (Å²) < 4.78 is 15.8. The molecule has 0 unspecified atom stereocenters. The molecule has 0 aromatic heterocycles. The normalized spacial score (nSPS) is 12.6. The largest absolute Gasteiger partial charge is 0.478 e. The number of aromatic carboxylic acids is 1.